The van der Waals surface area contributed by atoms with Gasteiger partial charge in [-0.3, -0.25) is 9.78 Å². The Kier molecular flexibility index (Phi) is 4.84. The van der Waals surface area contributed by atoms with Gasteiger partial charge in [0.05, 0.1) is 10.6 Å². The first kappa shape index (κ1) is 14.7. The zero-order valence-electron chi connectivity index (χ0n) is 12.0. The van der Waals surface area contributed by atoms with Gasteiger partial charge in [0, 0.05) is 26.0 Å². The number of hydrogen-bond donors (Lipinski definition) is 0. The summed E-state index contributed by atoms with van der Waals surface area (Å²) in [6.45, 7) is 4.97. The lowest BCUT2D eigenvalue weighted by Gasteiger charge is -2.15. The van der Waals surface area contributed by atoms with Crippen LogP contribution in [0.25, 0.3) is 0 Å². The van der Waals surface area contributed by atoms with Crippen molar-refractivity contribution in [2.24, 2.45) is 0 Å². The van der Waals surface area contributed by atoms with Gasteiger partial charge in [0.15, 0.2) is 11.4 Å². The van der Waals surface area contributed by atoms with Crippen LogP contribution in [-0.4, -0.2) is 23.3 Å². The third kappa shape index (κ3) is 3.22. The molecule has 0 N–H and O–H groups in total. The van der Waals surface area contributed by atoms with Crippen molar-refractivity contribution in [3.05, 3.63) is 40.7 Å². The highest BCUT2D eigenvalue weighted by Crippen LogP contribution is 2.31. The molecular weight excluding hydrogens is 270 g/mol. The number of anilines is 1. The molecule has 0 radical (unpaired) electrons. The van der Waals surface area contributed by atoms with Crippen LogP contribution in [0.1, 0.15) is 47.1 Å². The summed E-state index contributed by atoms with van der Waals surface area (Å²) >= 11 is 1.46. The predicted octanol–water partition coefficient (Wildman–Crippen LogP) is 3.50. The molecule has 0 saturated carbocycles. The molecule has 2 rings (SSSR count). The molecule has 0 bridgehead atoms. The largest absolute Gasteiger partial charge is 0.347 e. The van der Waals surface area contributed by atoms with Gasteiger partial charge in [0.2, 0.25) is 0 Å². The second-order valence-corrected chi connectivity index (χ2v) is 5.89. The Labute approximate surface area is 123 Å². The van der Waals surface area contributed by atoms with Crippen molar-refractivity contribution in [2.75, 3.05) is 11.9 Å². The SMILES string of the molecule is CCC(C)c1nc(N(C)Cc2ccncc2)sc1C=O. The summed E-state index contributed by atoms with van der Waals surface area (Å²) in [6.07, 6.45) is 5.47. The van der Waals surface area contributed by atoms with Crippen molar-refractivity contribution in [3.8, 4) is 0 Å². The third-order valence-electron chi connectivity index (χ3n) is 3.35. The summed E-state index contributed by atoms with van der Waals surface area (Å²) in [7, 11) is 1.99. The molecule has 2 aromatic heterocycles. The lowest BCUT2D eigenvalue weighted by atomic mass is 10.0. The molecule has 0 aliphatic heterocycles. The van der Waals surface area contributed by atoms with Crippen molar-refractivity contribution in [1.29, 1.82) is 0 Å². The van der Waals surface area contributed by atoms with Gasteiger partial charge in [-0.2, -0.15) is 0 Å². The Balaban J connectivity index is 2.20. The Bertz CT molecular complexity index is 568. The second kappa shape index (κ2) is 6.61. The molecule has 0 fully saturated rings. The number of thiazole rings is 1. The summed E-state index contributed by atoms with van der Waals surface area (Å²) in [4.78, 5) is 22.7. The highest BCUT2D eigenvalue weighted by molar-refractivity contribution is 7.17. The van der Waals surface area contributed by atoms with Crippen LogP contribution in [-0.2, 0) is 6.54 Å². The molecule has 0 aromatic carbocycles. The van der Waals surface area contributed by atoms with E-state index in [4.69, 9.17) is 0 Å². The summed E-state index contributed by atoms with van der Waals surface area (Å²) in [5.41, 5.74) is 2.10. The summed E-state index contributed by atoms with van der Waals surface area (Å²) in [5.74, 6) is 0.314. The maximum absolute atomic E-state index is 11.2. The van der Waals surface area contributed by atoms with E-state index in [9.17, 15) is 4.79 Å². The van der Waals surface area contributed by atoms with E-state index in [0.29, 0.717) is 5.92 Å². The van der Waals surface area contributed by atoms with Crippen molar-refractivity contribution in [2.45, 2.75) is 32.7 Å². The normalized spacial score (nSPS) is 12.2. The number of aromatic nitrogens is 2. The minimum absolute atomic E-state index is 0.314. The van der Waals surface area contributed by atoms with Crippen LogP contribution in [0.3, 0.4) is 0 Å². The lowest BCUT2D eigenvalue weighted by Crippen LogP contribution is -2.16. The van der Waals surface area contributed by atoms with Gasteiger partial charge in [0.25, 0.3) is 0 Å². The predicted molar refractivity (Wildman–Crippen MR) is 82.6 cm³/mol. The van der Waals surface area contributed by atoms with Crippen molar-refractivity contribution in [3.63, 3.8) is 0 Å². The number of hydrogen-bond acceptors (Lipinski definition) is 5. The molecule has 0 spiro atoms. The average Bonchev–Trinajstić information content (AvgIpc) is 2.92. The molecule has 2 heterocycles. The van der Waals surface area contributed by atoms with Crippen molar-refractivity contribution >= 4 is 22.8 Å². The highest BCUT2D eigenvalue weighted by Gasteiger charge is 2.17. The number of aldehydes is 1. The summed E-state index contributed by atoms with van der Waals surface area (Å²) in [5, 5.41) is 0.888. The van der Waals surface area contributed by atoms with Crippen LogP contribution in [0.15, 0.2) is 24.5 Å². The van der Waals surface area contributed by atoms with Gasteiger partial charge in [-0.1, -0.05) is 25.2 Å². The molecule has 0 saturated heterocycles. The lowest BCUT2D eigenvalue weighted by molar-refractivity contribution is 0.112. The minimum Gasteiger partial charge on any atom is -0.347 e. The first-order chi connectivity index (χ1) is 9.65. The Morgan fingerprint density at radius 2 is 2.10 bits per heavy atom. The number of nitrogens with zero attached hydrogens (tertiary/aromatic N) is 3. The van der Waals surface area contributed by atoms with E-state index >= 15 is 0 Å². The fourth-order valence-corrected chi connectivity index (χ4v) is 2.92. The van der Waals surface area contributed by atoms with Crippen LogP contribution in [0.2, 0.25) is 0 Å². The average molecular weight is 289 g/mol. The van der Waals surface area contributed by atoms with Crippen LogP contribution < -0.4 is 4.90 Å². The molecular formula is C15H19N3OS. The first-order valence-electron chi connectivity index (χ1n) is 6.71. The second-order valence-electron chi connectivity index (χ2n) is 4.88. The standard InChI is InChI=1S/C15H19N3OS/c1-4-11(2)14-13(10-19)20-15(17-14)18(3)9-12-5-7-16-8-6-12/h5-8,10-11H,4,9H2,1-3H3. The van der Waals surface area contributed by atoms with E-state index < -0.39 is 0 Å². The monoisotopic (exact) mass is 289 g/mol. The van der Waals surface area contributed by atoms with E-state index in [1.54, 1.807) is 12.4 Å². The molecule has 5 heteroatoms. The molecule has 1 unspecified atom stereocenters. The molecule has 106 valence electrons. The van der Waals surface area contributed by atoms with Gasteiger partial charge in [-0.15, -0.1) is 0 Å². The molecule has 0 amide bonds. The summed E-state index contributed by atoms with van der Waals surface area (Å²) in [6, 6.07) is 3.97. The van der Waals surface area contributed by atoms with Gasteiger partial charge >= 0.3 is 0 Å². The maximum atomic E-state index is 11.2. The Hall–Kier alpha value is -1.75. The van der Waals surface area contributed by atoms with E-state index in [2.05, 4.69) is 28.7 Å². The van der Waals surface area contributed by atoms with Crippen LogP contribution in [0, 0.1) is 0 Å². The number of rotatable bonds is 6. The van der Waals surface area contributed by atoms with E-state index in [0.717, 1.165) is 35.0 Å². The third-order valence-corrected chi connectivity index (χ3v) is 4.46. The fraction of sp³-hybridized carbons (Fsp3) is 0.400. The van der Waals surface area contributed by atoms with E-state index in [1.165, 1.54) is 16.9 Å². The number of carbonyl (C=O) groups is 1. The van der Waals surface area contributed by atoms with Gasteiger partial charge in [0.1, 0.15) is 0 Å². The first-order valence-corrected chi connectivity index (χ1v) is 7.53. The van der Waals surface area contributed by atoms with Crippen molar-refractivity contribution < 1.29 is 4.79 Å². The van der Waals surface area contributed by atoms with Crippen LogP contribution in [0.4, 0.5) is 5.13 Å². The molecule has 0 aliphatic carbocycles. The molecule has 1 atom stereocenters. The quantitative estimate of drug-likeness (QED) is 0.764. The smallest absolute Gasteiger partial charge is 0.186 e. The van der Waals surface area contributed by atoms with Crippen molar-refractivity contribution in [1.82, 2.24) is 9.97 Å². The van der Waals surface area contributed by atoms with E-state index in [-0.39, 0.29) is 0 Å². The van der Waals surface area contributed by atoms with Gasteiger partial charge in [-0.05, 0) is 30.0 Å². The number of pyridine rings is 1. The zero-order valence-corrected chi connectivity index (χ0v) is 12.9. The van der Waals surface area contributed by atoms with Crippen LogP contribution >= 0.6 is 11.3 Å². The summed E-state index contributed by atoms with van der Waals surface area (Å²) < 4.78 is 0. The minimum atomic E-state index is 0.314. The van der Waals surface area contributed by atoms with E-state index in [1.807, 2.05) is 19.2 Å². The van der Waals surface area contributed by atoms with Gasteiger partial charge in [-0.25, -0.2) is 4.98 Å². The fourth-order valence-electron chi connectivity index (χ4n) is 1.96. The highest BCUT2D eigenvalue weighted by atomic mass is 32.1. The zero-order chi connectivity index (χ0) is 14.5. The Morgan fingerprint density at radius 1 is 1.40 bits per heavy atom. The molecule has 4 nitrogen and oxygen atoms in total. The van der Waals surface area contributed by atoms with Crippen LogP contribution in [0.5, 0.6) is 0 Å². The number of carbonyl (C=O) groups excluding carboxylic acids is 1. The molecule has 20 heavy (non-hydrogen) atoms. The van der Waals surface area contributed by atoms with Gasteiger partial charge < -0.3 is 4.90 Å². The Morgan fingerprint density at radius 3 is 2.70 bits per heavy atom. The maximum Gasteiger partial charge on any atom is 0.186 e. The molecule has 0 aliphatic rings. The molecule has 2 aromatic rings. The topological polar surface area (TPSA) is 46.1 Å².